The Bertz CT molecular complexity index is 769. The number of hydrogen-bond donors (Lipinski definition) is 1. The molecule has 144 valence electrons. The molecule has 1 N–H and O–H groups in total. The molecule has 0 saturated heterocycles. The Morgan fingerprint density at radius 1 is 1.15 bits per heavy atom. The second kappa shape index (κ2) is 11.2. The molecule has 1 amide bonds. The van der Waals surface area contributed by atoms with Gasteiger partial charge in [-0.2, -0.15) is 5.10 Å². The summed E-state index contributed by atoms with van der Waals surface area (Å²) in [6, 6.07) is 13.8. The number of ether oxygens (including phenoxy) is 1. The second-order valence-electron chi connectivity index (χ2n) is 6.24. The third-order valence-corrected chi connectivity index (χ3v) is 5.03. The zero-order valence-electron chi connectivity index (χ0n) is 15.6. The second-order valence-corrected chi connectivity index (χ2v) is 8.01. The number of rotatable bonds is 9. The summed E-state index contributed by atoms with van der Waals surface area (Å²) in [6.07, 6.45) is 4.15. The van der Waals surface area contributed by atoms with Crippen LogP contribution in [0.4, 0.5) is 0 Å². The fourth-order valence-electron chi connectivity index (χ4n) is 2.61. The summed E-state index contributed by atoms with van der Waals surface area (Å²) < 4.78 is 7.42. The van der Waals surface area contributed by atoms with Gasteiger partial charge in [0.15, 0.2) is 6.61 Å². The van der Waals surface area contributed by atoms with Crippen LogP contribution < -0.4 is 10.2 Å². The molecule has 0 fully saturated rings. The molecule has 0 aliphatic heterocycles. The summed E-state index contributed by atoms with van der Waals surface area (Å²) in [7, 11) is 0. The van der Waals surface area contributed by atoms with E-state index in [9.17, 15) is 4.79 Å². The molecule has 2 aromatic carbocycles. The van der Waals surface area contributed by atoms with E-state index in [4.69, 9.17) is 4.74 Å². The summed E-state index contributed by atoms with van der Waals surface area (Å²) in [5.74, 6) is 0.372. The Balaban J connectivity index is 1.99. The largest absolute Gasteiger partial charge is 0.482 e. The monoisotopic (exact) mass is 494 g/mol. The Labute approximate surface area is 177 Å². The first-order valence-corrected chi connectivity index (χ1v) is 10.6. The molecule has 0 spiro atoms. The van der Waals surface area contributed by atoms with Crippen LogP contribution in [-0.4, -0.2) is 18.2 Å². The maximum absolute atomic E-state index is 12.2. The van der Waals surface area contributed by atoms with Crippen LogP contribution in [0.25, 0.3) is 0 Å². The Kier molecular flexibility index (Phi) is 9.01. The third kappa shape index (κ3) is 7.11. The smallest absolute Gasteiger partial charge is 0.277 e. The molecular weight excluding hydrogens is 472 g/mol. The molecule has 0 heterocycles. The molecule has 0 unspecified atom stereocenters. The van der Waals surface area contributed by atoms with E-state index in [1.807, 2.05) is 49.4 Å². The van der Waals surface area contributed by atoms with Crippen molar-refractivity contribution in [2.75, 3.05) is 6.61 Å². The zero-order chi connectivity index (χ0) is 19.6. The fraction of sp³-hybridized carbons (Fsp3) is 0.333. The van der Waals surface area contributed by atoms with Crippen molar-refractivity contribution in [3.8, 4) is 5.75 Å². The highest BCUT2D eigenvalue weighted by Gasteiger charge is 2.10. The number of hydrogen-bond acceptors (Lipinski definition) is 3. The van der Waals surface area contributed by atoms with Crippen LogP contribution >= 0.6 is 31.9 Å². The number of amides is 1. The number of benzene rings is 2. The molecule has 0 atom stereocenters. The lowest BCUT2D eigenvalue weighted by atomic mass is 10.0. The minimum absolute atomic E-state index is 0.0956. The first-order valence-electron chi connectivity index (χ1n) is 9.00. The maximum atomic E-state index is 12.2. The zero-order valence-corrected chi connectivity index (χ0v) is 18.8. The van der Waals surface area contributed by atoms with Gasteiger partial charge in [-0.05, 0) is 59.0 Å². The molecule has 0 saturated carbocycles. The molecule has 0 aliphatic rings. The molecule has 2 aromatic rings. The summed E-state index contributed by atoms with van der Waals surface area (Å²) in [5, 5.41) is 4.35. The van der Waals surface area contributed by atoms with Crippen molar-refractivity contribution in [3.63, 3.8) is 0 Å². The lowest BCUT2D eigenvalue weighted by molar-refractivity contribution is -0.123. The third-order valence-electron chi connectivity index (χ3n) is 3.98. The topological polar surface area (TPSA) is 50.7 Å². The summed E-state index contributed by atoms with van der Waals surface area (Å²) in [6.45, 7) is 4.00. The van der Waals surface area contributed by atoms with Crippen molar-refractivity contribution in [2.24, 2.45) is 5.10 Å². The van der Waals surface area contributed by atoms with E-state index in [0.29, 0.717) is 5.75 Å². The van der Waals surface area contributed by atoms with Gasteiger partial charge in [0.1, 0.15) is 5.75 Å². The number of halogens is 2. The quantitative estimate of drug-likeness (QED) is 0.263. The first kappa shape index (κ1) is 21.6. The van der Waals surface area contributed by atoms with Crippen molar-refractivity contribution in [1.82, 2.24) is 5.43 Å². The van der Waals surface area contributed by atoms with Crippen molar-refractivity contribution < 1.29 is 9.53 Å². The van der Waals surface area contributed by atoms with Crippen molar-refractivity contribution >= 4 is 43.5 Å². The van der Waals surface area contributed by atoms with Crippen molar-refractivity contribution in [3.05, 3.63) is 62.5 Å². The number of hydrazone groups is 1. The van der Waals surface area contributed by atoms with E-state index in [2.05, 4.69) is 49.3 Å². The molecule has 2 rings (SSSR count). The van der Waals surface area contributed by atoms with Gasteiger partial charge < -0.3 is 4.74 Å². The van der Waals surface area contributed by atoms with Gasteiger partial charge in [0.25, 0.3) is 5.91 Å². The highest BCUT2D eigenvalue weighted by Crippen LogP contribution is 2.32. The van der Waals surface area contributed by atoms with Crippen LogP contribution in [0.15, 0.2) is 56.5 Å². The van der Waals surface area contributed by atoms with Crippen molar-refractivity contribution in [2.45, 2.75) is 39.5 Å². The standard InChI is InChI=1S/C21H24Br2N2O2/c1-3-4-6-11-19(16-9-7-5-8-10-16)24-25-20(26)14-27-21-15(2)12-17(22)13-18(21)23/h5,7-10,12-13H,3-4,6,11,14H2,1-2H3,(H,25,26)/b24-19-. The SMILES string of the molecule is CCCCC/C(=N/NC(=O)COc1c(C)cc(Br)cc1Br)c1ccccc1. The number of carbonyl (C=O) groups is 1. The lowest BCUT2D eigenvalue weighted by Gasteiger charge is -2.11. The normalized spacial score (nSPS) is 11.3. The van der Waals surface area contributed by atoms with E-state index < -0.39 is 0 Å². The van der Waals surface area contributed by atoms with Gasteiger partial charge in [0.2, 0.25) is 0 Å². The van der Waals surface area contributed by atoms with Crippen molar-refractivity contribution in [1.29, 1.82) is 0 Å². The van der Waals surface area contributed by atoms with Crippen LogP contribution in [0.5, 0.6) is 5.75 Å². The lowest BCUT2D eigenvalue weighted by Crippen LogP contribution is -2.26. The highest BCUT2D eigenvalue weighted by atomic mass is 79.9. The van der Waals surface area contributed by atoms with Gasteiger partial charge in [-0.25, -0.2) is 5.43 Å². The summed E-state index contributed by atoms with van der Waals surface area (Å²) >= 11 is 6.90. The molecule has 0 radical (unpaired) electrons. The Morgan fingerprint density at radius 3 is 2.56 bits per heavy atom. The number of unbranched alkanes of at least 4 members (excludes halogenated alkanes) is 2. The number of carbonyl (C=O) groups excluding carboxylic acids is 1. The van der Waals surface area contributed by atoms with Gasteiger partial charge in [-0.3, -0.25) is 4.79 Å². The average Bonchev–Trinajstić information content (AvgIpc) is 2.64. The molecule has 0 bridgehead atoms. The van der Waals surface area contributed by atoms with Crippen LogP contribution in [0, 0.1) is 6.92 Å². The van der Waals surface area contributed by atoms with Crippen LogP contribution in [-0.2, 0) is 4.79 Å². The summed E-state index contributed by atoms with van der Waals surface area (Å²) in [4.78, 5) is 12.2. The number of nitrogens with zero attached hydrogens (tertiary/aromatic N) is 1. The van der Waals surface area contributed by atoms with Gasteiger partial charge in [-0.15, -0.1) is 0 Å². The summed E-state index contributed by atoms with van der Waals surface area (Å²) in [5.41, 5.74) is 5.49. The van der Waals surface area contributed by atoms with E-state index >= 15 is 0 Å². The van der Waals surface area contributed by atoms with Gasteiger partial charge in [0.05, 0.1) is 10.2 Å². The van der Waals surface area contributed by atoms with Gasteiger partial charge >= 0.3 is 0 Å². The Morgan fingerprint density at radius 2 is 1.89 bits per heavy atom. The molecule has 0 aromatic heterocycles. The van der Waals surface area contributed by atoms with E-state index in [0.717, 1.165) is 51.5 Å². The van der Waals surface area contributed by atoms with Gasteiger partial charge in [-0.1, -0.05) is 66.0 Å². The molecule has 27 heavy (non-hydrogen) atoms. The van der Waals surface area contributed by atoms with Crippen LogP contribution in [0.1, 0.15) is 43.7 Å². The van der Waals surface area contributed by atoms with Gasteiger partial charge in [0, 0.05) is 4.47 Å². The van der Waals surface area contributed by atoms with E-state index in [1.54, 1.807) is 0 Å². The maximum Gasteiger partial charge on any atom is 0.277 e. The number of aryl methyl sites for hydroxylation is 1. The predicted molar refractivity (Wildman–Crippen MR) is 117 cm³/mol. The minimum atomic E-state index is -0.284. The minimum Gasteiger partial charge on any atom is -0.482 e. The average molecular weight is 496 g/mol. The fourth-order valence-corrected chi connectivity index (χ4v) is 4.16. The highest BCUT2D eigenvalue weighted by molar-refractivity contribution is 9.11. The van der Waals surface area contributed by atoms with E-state index in [-0.39, 0.29) is 12.5 Å². The predicted octanol–water partition coefficient (Wildman–Crippen LogP) is 6.00. The van der Waals surface area contributed by atoms with E-state index in [1.165, 1.54) is 0 Å². The molecule has 0 aliphatic carbocycles. The first-order chi connectivity index (χ1) is 13.0. The molecule has 4 nitrogen and oxygen atoms in total. The van der Waals surface area contributed by atoms with Crippen LogP contribution in [0.2, 0.25) is 0 Å². The Hall–Kier alpha value is -1.66. The number of nitrogens with one attached hydrogen (secondary N) is 1. The van der Waals surface area contributed by atoms with Crippen LogP contribution in [0.3, 0.4) is 0 Å². The molecular formula is C21H24Br2N2O2. The molecule has 6 heteroatoms.